The van der Waals surface area contributed by atoms with Crippen LogP contribution in [-0.4, -0.2) is 17.0 Å². The average Bonchev–Trinajstić information content (AvgIpc) is 2.95. The second-order valence-electron chi connectivity index (χ2n) is 7.30. The van der Waals surface area contributed by atoms with E-state index >= 15 is 0 Å². The van der Waals surface area contributed by atoms with Gasteiger partial charge in [0.05, 0.1) is 0 Å². The molecule has 2 bridgehead atoms. The summed E-state index contributed by atoms with van der Waals surface area (Å²) in [5.74, 6) is 0.622. The van der Waals surface area contributed by atoms with Gasteiger partial charge in [0.2, 0.25) is 5.91 Å². The molecule has 5 atom stereocenters. The van der Waals surface area contributed by atoms with Gasteiger partial charge in [-0.2, -0.15) is 0 Å². The summed E-state index contributed by atoms with van der Waals surface area (Å²) in [7, 11) is 0. The molecule has 2 N–H and O–H groups in total. The fourth-order valence-corrected chi connectivity index (χ4v) is 5.05. The highest BCUT2D eigenvalue weighted by atomic mass is 19.1. The first kappa shape index (κ1) is 14.7. The van der Waals surface area contributed by atoms with Gasteiger partial charge in [-0.15, -0.1) is 0 Å². The Hall–Kier alpha value is -1.91. The minimum atomic E-state index is -1.11. The molecule has 4 rings (SSSR count). The first-order chi connectivity index (χ1) is 11.0. The van der Waals surface area contributed by atoms with Gasteiger partial charge in [-0.05, 0) is 67.1 Å². The van der Waals surface area contributed by atoms with Gasteiger partial charge in [0, 0.05) is 5.92 Å². The lowest BCUT2D eigenvalue weighted by atomic mass is 10.0. The van der Waals surface area contributed by atoms with Crippen LogP contribution in [0.5, 0.6) is 0 Å². The zero-order valence-electron chi connectivity index (χ0n) is 13.0. The molecule has 122 valence electrons. The van der Waals surface area contributed by atoms with E-state index < -0.39 is 12.0 Å². The van der Waals surface area contributed by atoms with Crippen molar-refractivity contribution in [2.45, 2.75) is 32.2 Å². The molecular weight excluding hydrogens is 297 g/mol. The van der Waals surface area contributed by atoms with Crippen LogP contribution in [0.4, 0.5) is 4.39 Å². The molecule has 1 amide bonds. The number of carbonyl (C=O) groups is 2. The van der Waals surface area contributed by atoms with Crippen LogP contribution < -0.4 is 5.32 Å². The molecule has 0 saturated heterocycles. The largest absolute Gasteiger partial charge is 0.479 e. The molecule has 0 aliphatic heterocycles. The smallest absolute Gasteiger partial charge is 0.330 e. The van der Waals surface area contributed by atoms with Gasteiger partial charge in [-0.3, -0.25) is 4.79 Å². The van der Waals surface area contributed by atoms with E-state index in [2.05, 4.69) is 5.32 Å². The van der Waals surface area contributed by atoms with Crippen molar-refractivity contribution in [1.29, 1.82) is 0 Å². The molecule has 3 aliphatic carbocycles. The van der Waals surface area contributed by atoms with Crippen molar-refractivity contribution in [3.05, 3.63) is 35.1 Å². The molecule has 0 heterocycles. The van der Waals surface area contributed by atoms with Crippen LogP contribution in [0, 0.1) is 42.3 Å². The number of benzene rings is 1. The van der Waals surface area contributed by atoms with E-state index in [1.54, 1.807) is 6.92 Å². The standard InChI is InChI=1S/C18H20FNO3/c1-8-6-11(4-5-12(8)19)16(18(22)23)20-17(21)15-13-9-2-3-10(7-9)14(13)15/h4-6,9-10,13-16H,2-3,7H2,1H3,(H,20,21)(H,22,23). The number of halogens is 1. The van der Waals surface area contributed by atoms with Gasteiger partial charge in [-0.25, -0.2) is 9.18 Å². The fourth-order valence-electron chi connectivity index (χ4n) is 5.05. The molecule has 4 nitrogen and oxygen atoms in total. The van der Waals surface area contributed by atoms with Crippen molar-refractivity contribution < 1.29 is 19.1 Å². The number of aryl methyl sites for hydroxylation is 1. The van der Waals surface area contributed by atoms with E-state index in [4.69, 9.17) is 0 Å². The Morgan fingerprint density at radius 2 is 1.91 bits per heavy atom. The predicted molar refractivity (Wildman–Crippen MR) is 81.0 cm³/mol. The van der Waals surface area contributed by atoms with Crippen LogP contribution in [-0.2, 0) is 9.59 Å². The van der Waals surface area contributed by atoms with Crippen molar-refractivity contribution in [1.82, 2.24) is 5.32 Å². The summed E-state index contributed by atoms with van der Waals surface area (Å²) in [6, 6.07) is 3.06. The average molecular weight is 317 g/mol. The molecule has 23 heavy (non-hydrogen) atoms. The Morgan fingerprint density at radius 1 is 1.26 bits per heavy atom. The molecule has 5 unspecified atom stereocenters. The first-order valence-corrected chi connectivity index (χ1v) is 8.26. The van der Waals surface area contributed by atoms with Crippen molar-refractivity contribution in [2.24, 2.45) is 29.6 Å². The second kappa shape index (κ2) is 5.05. The molecule has 3 saturated carbocycles. The number of nitrogens with one attached hydrogen (secondary N) is 1. The molecule has 0 spiro atoms. The van der Waals surface area contributed by atoms with Crippen molar-refractivity contribution in [2.75, 3.05) is 0 Å². The topological polar surface area (TPSA) is 66.4 Å². The monoisotopic (exact) mass is 317 g/mol. The lowest BCUT2D eigenvalue weighted by Gasteiger charge is -2.17. The number of fused-ring (bicyclic) bond motifs is 5. The van der Waals surface area contributed by atoms with E-state index in [0.717, 1.165) is 0 Å². The summed E-state index contributed by atoms with van der Waals surface area (Å²) >= 11 is 0. The van der Waals surface area contributed by atoms with Crippen LogP contribution in [0.3, 0.4) is 0 Å². The van der Waals surface area contributed by atoms with Crippen molar-refractivity contribution in [3.63, 3.8) is 0 Å². The molecule has 0 aromatic heterocycles. The van der Waals surface area contributed by atoms with Crippen LogP contribution in [0.1, 0.15) is 36.4 Å². The normalized spacial score (nSPS) is 34.8. The summed E-state index contributed by atoms with van der Waals surface area (Å²) < 4.78 is 13.4. The van der Waals surface area contributed by atoms with Gasteiger partial charge >= 0.3 is 5.97 Å². The highest BCUT2D eigenvalue weighted by molar-refractivity contribution is 5.88. The molecule has 3 fully saturated rings. The number of carbonyl (C=O) groups excluding carboxylic acids is 1. The quantitative estimate of drug-likeness (QED) is 0.897. The molecule has 1 aromatic carbocycles. The van der Waals surface area contributed by atoms with Gasteiger partial charge in [-0.1, -0.05) is 12.1 Å². The SMILES string of the molecule is Cc1cc(C(NC(=O)C2C3C4CCC(C4)C23)C(=O)O)ccc1F. The number of rotatable bonds is 4. The third kappa shape index (κ3) is 2.25. The van der Waals surface area contributed by atoms with E-state index in [-0.39, 0.29) is 17.6 Å². The maximum atomic E-state index is 13.4. The Balaban J connectivity index is 1.50. The third-order valence-corrected chi connectivity index (χ3v) is 6.09. The second-order valence-corrected chi connectivity index (χ2v) is 7.30. The van der Waals surface area contributed by atoms with E-state index in [1.807, 2.05) is 0 Å². The number of hydrogen-bond acceptors (Lipinski definition) is 2. The molecular formula is C18H20FNO3. The minimum Gasteiger partial charge on any atom is -0.479 e. The molecule has 0 radical (unpaired) electrons. The summed E-state index contributed by atoms with van der Waals surface area (Å²) in [6.45, 7) is 1.59. The highest BCUT2D eigenvalue weighted by Crippen LogP contribution is 2.69. The van der Waals surface area contributed by atoms with Gasteiger partial charge < -0.3 is 10.4 Å². The number of hydrogen-bond donors (Lipinski definition) is 2. The number of aliphatic carboxylic acids is 1. The van der Waals surface area contributed by atoms with Crippen LogP contribution in [0.25, 0.3) is 0 Å². The summed E-state index contributed by atoms with van der Waals surface area (Å²) in [6.07, 6.45) is 3.68. The number of amides is 1. The lowest BCUT2D eigenvalue weighted by molar-refractivity contribution is -0.142. The van der Waals surface area contributed by atoms with Gasteiger partial charge in [0.1, 0.15) is 5.82 Å². The van der Waals surface area contributed by atoms with E-state index in [0.29, 0.717) is 34.8 Å². The first-order valence-electron chi connectivity index (χ1n) is 8.26. The zero-order valence-corrected chi connectivity index (χ0v) is 13.0. The Kier molecular flexibility index (Phi) is 3.22. The van der Waals surface area contributed by atoms with Gasteiger partial charge in [0.15, 0.2) is 6.04 Å². The summed E-state index contributed by atoms with van der Waals surface area (Å²) in [4.78, 5) is 24.1. The Morgan fingerprint density at radius 3 is 2.48 bits per heavy atom. The van der Waals surface area contributed by atoms with Gasteiger partial charge in [0.25, 0.3) is 0 Å². The lowest BCUT2D eigenvalue weighted by Crippen LogP contribution is -2.36. The molecule has 5 heteroatoms. The molecule has 1 aromatic rings. The van der Waals surface area contributed by atoms with Crippen molar-refractivity contribution >= 4 is 11.9 Å². The molecule has 3 aliphatic rings. The fraction of sp³-hybridized carbons (Fsp3) is 0.556. The number of carboxylic acid groups (broad SMARTS) is 1. The zero-order chi connectivity index (χ0) is 16.3. The maximum absolute atomic E-state index is 13.4. The van der Waals surface area contributed by atoms with Crippen LogP contribution in [0.2, 0.25) is 0 Å². The van der Waals surface area contributed by atoms with E-state index in [9.17, 15) is 19.1 Å². The van der Waals surface area contributed by atoms with E-state index in [1.165, 1.54) is 37.5 Å². The summed E-state index contributed by atoms with van der Waals surface area (Å²) in [5.41, 5.74) is 0.794. The van der Waals surface area contributed by atoms with Crippen molar-refractivity contribution in [3.8, 4) is 0 Å². The Bertz CT molecular complexity index is 673. The maximum Gasteiger partial charge on any atom is 0.330 e. The van der Waals surface area contributed by atoms with Crippen LogP contribution in [0.15, 0.2) is 18.2 Å². The predicted octanol–water partition coefficient (Wildman–Crippen LogP) is 2.67. The van der Waals surface area contributed by atoms with Crippen LogP contribution >= 0.6 is 0 Å². The third-order valence-electron chi connectivity index (χ3n) is 6.09. The number of carboxylic acids is 1. The Labute approximate surface area is 134 Å². The minimum absolute atomic E-state index is 0.00959. The highest BCUT2D eigenvalue weighted by Gasteiger charge is 2.67. The summed E-state index contributed by atoms with van der Waals surface area (Å²) in [5, 5.41) is 12.1.